The molecule has 1 amide bonds. The highest BCUT2D eigenvalue weighted by Crippen LogP contribution is 2.35. The zero-order valence-electron chi connectivity index (χ0n) is 17.8. The molecule has 4 nitrogen and oxygen atoms in total. The number of hydrogen-bond donors (Lipinski definition) is 1. The van der Waals surface area contributed by atoms with E-state index in [1.807, 2.05) is 57.4 Å². The van der Waals surface area contributed by atoms with E-state index in [2.05, 4.69) is 5.32 Å². The number of rotatable bonds is 6. The van der Waals surface area contributed by atoms with Gasteiger partial charge in [-0.3, -0.25) is 4.98 Å². The third-order valence-electron chi connectivity index (χ3n) is 4.51. The monoisotopic (exact) mass is 426 g/mol. The third kappa shape index (κ3) is 5.51. The zero-order valence-corrected chi connectivity index (χ0v) is 18.6. The van der Waals surface area contributed by atoms with E-state index in [1.54, 1.807) is 23.9 Å². The zero-order chi connectivity index (χ0) is 21.7. The van der Waals surface area contributed by atoms with Crippen LogP contribution in [0.2, 0.25) is 0 Å². The van der Waals surface area contributed by atoms with Gasteiger partial charge in [0.05, 0.1) is 11.2 Å². The Kier molecular flexibility index (Phi) is 6.98. The van der Waals surface area contributed by atoms with Gasteiger partial charge in [-0.25, -0.2) is 9.18 Å². The van der Waals surface area contributed by atoms with Crippen LogP contribution in [-0.2, 0) is 16.9 Å². The summed E-state index contributed by atoms with van der Waals surface area (Å²) in [5.41, 5.74) is 4.19. The van der Waals surface area contributed by atoms with Gasteiger partial charge in [0.2, 0.25) is 0 Å². The van der Waals surface area contributed by atoms with Gasteiger partial charge in [-0.05, 0) is 56.4 Å². The number of benzene rings is 2. The van der Waals surface area contributed by atoms with Gasteiger partial charge < -0.3 is 10.1 Å². The molecule has 0 unspecified atom stereocenters. The van der Waals surface area contributed by atoms with E-state index in [9.17, 15) is 9.18 Å². The molecular weight excluding hydrogens is 399 g/mol. The fourth-order valence-corrected chi connectivity index (χ4v) is 3.96. The molecule has 0 bridgehead atoms. The van der Waals surface area contributed by atoms with Crippen LogP contribution in [0.25, 0.3) is 22.0 Å². The maximum absolute atomic E-state index is 14.0. The summed E-state index contributed by atoms with van der Waals surface area (Å²) in [4.78, 5) is 16.9. The number of nitrogens with one attached hydrogen (secondary N) is 1. The molecule has 0 spiro atoms. The Bertz CT molecular complexity index is 1030. The van der Waals surface area contributed by atoms with Crippen molar-refractivity contribution in [1.82, 2.24) is 10.3 Å². The van der Waals surface area contributed by atoms with Crippen molar-refractivity contribution in [2.24, 2.45) is 0 Å². The largest absolute Gasteiger partial charge is 0.444 e. The van der Waals surface area contributed by atoms with Crippen molar-refractivity contribution in [3.63, 3.8) is 0 Å². The van der Waals surface area contributed by atoms with E-state index in [0.29, 0.717) is 13.0 Å². The molecule has 0 aliphatic heterocycles. The summed E-state index contributed by atoms with van der Waals surface area (Å²) in [6, 6.07) is 14.7. The summed E-state index contributed by atoms with van der Waals surface area (Å²) >= 11 is 1.69. The molecule has 0 atom stereocenters. The second-order valence-electron chi connectivity index (χ2n) is 8.05. The van der Waals surface area contributed by atoms with Gasteiger partial charge in [0, 0.05) is 29.7 Å². The van der Waals surface area contributed by atoms with Crippen LogP contribution in [0.15, 0.2) is 48.5 Å². The van der Waals surface area contributed by atoms with Crippen molar-refractivity contribution in [2.75, 3.05) is 12.8 Å². The van der Waals surface area contributed by atoms with Crippen molar-refractivity contribution >= 4 is 28.8 Å². The molecule has 0 aliphatic carbocycles. The first kappa shape index (κ1) is 22.1. The molecular formula is C24H27FN2O2S. The van der Waals surface area contributed by atoms with Crippen LogP contribution in [0.5, 0.6) is 0 Å². The summed E-state index contributed by atoms with van der Waals surface area (Å²) < 4.78 is 19.3. The summed E-state index contributed by atoms with van der Waals surface area (Å²) in [6.07, 6.45) is 2.12. The Morgan fingerprint density at radius 1 is 1.17 bits per heavy atom. The van der Waals surface area contributed by atoms with Gasteiger partial charge in [0.15, 0.2) is 0 Å². The fourth-order valence-electron chi connectivity index (χ4n) is 3.38. The number of aromatic nitrogens is 1. The number of thioether (sulfide) groups is 1. The number of halogens is 1. The fraction of sp³-hybridized carbons (Fsp3) is 0.333. The first-order valence-electron chi connectivity index (χ1n) is 9.90. The van der Waals surface area contributed by atoms with Crippen molar-refractivity contribution in [2.45, 2.75) is 38.5 Å². The third-order valence-corrected chi connectivity index (χ3v) is 5.09. The van der Waals surface area contributed by atoms with E-state index in [-0.39, 0.29) is 5.82 Å². The Morgan fingerprint density at radius 2 is 1.90 bits per heavy atom. The van der Waals surface area contributed by atoms with Crippen LogP contribution in [0.3, 0.4) is 0 Å². The van der Waals surface area contributed by atoms with Crippen LogP contribution < -0.4 is 5.32 Å². The van der Waals surface area contributed by atoms with Crippen LogP contribution in [0.4, 0.5) is 9.18 Å². The second kappa shape index (κ2) is 9.47. The molecule has 0 aliphatic rings. The molecule has 1 aromatic heterocycles. The van der Waals surface area contributed by atoms with Gasteiger partial charge in [-0.1, -0.05) is 30.3 Å². The molecule has 3 aromatic rings. The molecule has 2 aromatic carbocycles. The van der Waals surface area contributed by atoms with Crippen LogP contribution in [-0.4, -0.2) is 29.5 Å². The van der Waals surface area contributed by atoms with Crippen molar-refractivity contribution in [1.29, 1.82) is 0 Å². The summed E-state index contributed by atoms with van der Waals surface area (Å²) in [7, 11) is 0. The summed E-state index contributed by atoms with van der Waals surface area (Å²) in [6.45, 7) is 5.89. The van der Waals surface area contributed by atoms with Gasteiger partial charge in [0.25, 0.3) is 0 Å². The first-order chi connectivity index (χ1) is 14.3. The Balaban J connectivity index is 2.02. The Hall–Kier alpha value is -2.60. The lowest BCUT2D eigenvalue weighted by molar-refractivity contribution is 0.0528. The van der Waals surface area contributed by atoms with E-state index >= 15 is 0 Å². The summed E-state index contributed by atoms with van der Waals surface area (Å²) in [5, 5.41) is 3.63. The molecule has 0 saturated heterocycles. The van der Waals surface area contributed by atoms with Gasteiger partial charge in [0.1, 0.15) is 11.4 Å². The van der Waals surface area contributed by atoms with Gasteiger partial charge in [-0.15, -0.1) is 0 Å². The van der Waals surface area contributed by atoms with E-state index in [4.69, 9.17) is 9.72 Å². The average Bonchev–Trinajstić information content (AvgIpc) is 2.68. The summed E-state index contributed by atoms with van der Waals surface area (Å²) in [5.74, 6) is 0.462. The minimum absolute atomic E-state index is 0.273. The standard InChI is InChI=1S/C24H27FN2O2S/c1-24(2,3)29-23(28)26-13-12-21-22(16-8-6-5-7-9-16)19(15-30-4)18-14-17(25)10-11-20(18)27-21/h5-11,14H,12-13,15H2,1-4H3,(H,26,28). The number of nitrogens with zero attached hydrogens (tertiary/aromatic N) is 1. The predicted molar refractivity (Wildman–Crippen MR) is 122 cm³/mol. The smallest absolute Gasteiger partial charge is 0.407 e. The predicted octanol–water partition coefficient (Wildman–Crippen LogP) is 5.97. The van der Waals surface area contributed by atoms with Crippen molar-refractivity contribution in [3.05, 3.63) is 65.6 Å². The van der Waals surface area contributed by atoms with E-state index in [0.717, 1.165) is 39.0 Å². The lowest BCUT2D eigenvalue weighted by atomic mass is 9.94. The minimum atomic E-state index is -0.546. The lowest BCUT2D eigenvalue weighted by Gasteiger charge is -2.20. The molecule has 6 heteroatoms. The maximum Gasteiger partial charge on any atom is 0.407 e. The molecule has 3 rings (SSSR count). The number of carbonyl (C=O) groups is 1. The van der Waals surface area contributed by atoms with Crippen molar-refractivity contribution in [3.8, 4) is 11.1 Å². The number of alkyl carbamates (subject to hydrolysis) is 1. The lowest BCUT2D eigenvalue weighted by Crippen LogP contribution is -2.33. The van der Waals surface area contributed by atoms with Gasteiger partial charge >= 0.3 is 6.09 Å². The highest BCUT2D eigenvalue weighted by atomic mass is 32.2. The topological polar surface area (TPSA) is 51.2 Å². The number of amides is 1. The number of hydrogen-bond acceptors (Lipinski definition) is 4. The Labute approximate surface area is 181 Å². The number of pyridine rings is 1. The molecule has 0 radical (unpaired) electrons. The molecule has 30 heavy (non-hydrogen) atoms. The second-order valence-corrected chi connectivity index (χ2v) is 8.92. The molecule has 1 heterocycles. The normalized spacial score (nSPS) is 11.5. The SMILES string of the molecule is CSCc1c(-c2ccccc2)c(CCNC(=O)OC(C)(C)C)nc2ccc(F)cc12. The van der Waals surface area contributed by atoms with E-state index < -0.39 is 11.7 Å². The first-order valence-corrected chi connectivity index (χ1v) is 11.3. The van der Waals surface area contributed by atoms with Crippen LogP contribution in [0, 0.1) is 5.82 Å². The molecule has 158 valence electrons. The maximum atomic E-state index is 14.0. The number of ether oxygens (including phenoxy) is 1. The number of fused-ring (bicyclic) bond motifs is 1. The minimum Gasteiger partial charge on any atom is -0.444 e. The quantitative estimate of drug-likeness (QED) is 0.527. The van der Waals surface area contributed by atoms with Crippen molar-refractivity contribution < 1.29 is 13.9 Å². The molecule has 1 N–H and O–H groups in total. The number of carbonyl (C=O) groups excluding carboxylic acids is 1. The Morgan fingerprint density at radius 3 is 2.57 bits per heavy atom. The van der Waals surface area contributed by atoms with Crippen LogP contribution >= 0.6 is 11.8 Å². The van der Waals surface area contributed by atoms with Gasteiger partial charge in [-0.2, -0.15) is 11.8 Å². The highest BCUT2D eigenvalue weighted by molar-refractivity contribution is 7.97. The average molecular weight is 427 g/mol. The highest BCUT2D eigenvalue weighted by Gasteiger charge is 2.19. The molecule has 0 saturated carbocycles. The van der Waals surface area contributed by atoms with Crippen LogP contribution in [0.1, 0.15) is 32.0 Å². The molecule has 0 fully saturated rings. The van der Waals surface area contributed by atoms with E-state index in [1.165, 1.54) is 6.07 Å².